The standard InChI is InChI=1S/C23H20BrCl2NO4/c1-30-21-10-16(12-27-11-14-2-5-17(6-3-14)23(28)29)8-18(24)22(21)31-13-15-4-7-19(25)20(26)9-15/h2-10,27H,11-13H2,1H3,(H,28,29). The molecule has 3 rings (SSSR count). The summed E-state index contributed by atoms with van der Waals surface area (Å²) in [6, 6.07) is 16.0. The second kappa shape index (κ2) is 10.9. The normalized spacial score (nSPS) is 10.7. The number of aromatic carboxylic acids is 1. The molecule has 0 bridgehead atoms. The molecule has 0 heterocycles. The average Bonchev–Trinajstić information content (AvgIpc) is 2.75. The van der Waals surface area contributed by atoms with E-state index in [1.54, 1.807) is 43.5 Å². The van der Waals surface area contributed by atoms with Crippen LogP contribution in [0.15, 0.2) is 59.1 Å². The Morgan fingerprint density at radius 2 is 1.65 bits per heavy atom. The molecule has 0 amide bonds. The lowest BCUT2D eigenvalue weighted by Crippen LogP contribution is -2.13. The van der Waals surface area contributed by atoms with Crippen LogP contribution in [0.25, 0.3) is 0 Å². The van der Waals surface area contributed by atoms with Gasteiger partial charge in [0, 0.05) is 13.1 Å². The van der Waals surface area contributed by atoms with Crippen LogP contribution in [-0.4, -0.2) is 18.2 Å². The topological polar surface area (TPSA) is 67.8 Å². The Morgan fingerprint density at radius 1 is 0.968 bits per heavy atom. The molecule has 31 heavy (non-hydrogen) atoms. The molecule has 0 aliphatic carbocycles. The first-order chi connectivity index (χ1) is 14.9. The maximum Gasteiger partial charge on any atom is 0.335 e. The quantitative estimate of drug-likeness (QED) is 0.342. The molecule has 3 aromatic rings. The van der Waals surface area contributed by atoms with Crippen molar-refractivity contribution in [2.24, 2.45) is 0 Å². The van der Waals surface area contributed by atoms with Gasteiger partial charge in [0.2, 0.25) is 0 Å². The van der Waals surface area contributed by atoms with Crippen LogP contribution in [-0.2, 0) is 19.7 Å². The highest BCUT2D eigenvalue weighted by molar-refractivity contribution is 9.10. The van der Waals surface area contributed by atoms with Gasteiger partial charge in [-0.3, -0.25) is 0 Å². The Kier molecular flexibility index (Phi) is 8.21. The number of halogens is 3. The van der Waals surface area contributed by atoms with Crippen molar-refractivity contribution in [2.75, 3.05) is 7.11 Å². The van der Waals surface area contributed by atoms with Crippen LogP contribution in [0.4, 0.5) is 0 Å². The van der Waals surface area contributed by atoms with Gasteiger partial charge in [-0.05, 0) is 69.0 Å². The highest BCUT2D eigenvalue weighted by Gasteiger charge is 2.13. The second-order valence-electron chi connectivity index (χ2n) is 6.75. The molecule has 2 N–H and O–H groups in total. The maximum atomic E-state index is 10.9. The Morgan fingerprint density at radius 3 is 2.29 bits per heavy atom. The smallest absolute Gasteiger partial charge is 0.335 e. The average molecular weight is 525 g/mol. The third kappa shape index (κ3) is 6.37. The van der Waals surface area contributed by atoms with Crippen LogP contribution in [0.5, 0.6) is 11.5 Å². The van der Waals surface area contributed by atoms with Crippen LogP contribution >= 0.6 is 39.1 Å². The minimum absolute atomic E-state index is 0.272. The van der Waals surface area contributed by atoms with Crippen LogP contribution in [0.3, 0.4) is 0 Å². The molecular formula is C23H20BrCl2NO4. The molecule has 0 fully saturated rings. The lowest BCUT2D eigenvalue weighted by Gasteiger charge is -2.15. The molecule has 0 aliphatic heterocycles. The van der Waals surface area contributed by atoms with Crippen molar-refractivity contribution < 1.29 is 19.4 Å². The van der Waals surface area contributed by atoms with Gasteiger partial charge in [0.1, 0.15) is 6.61 Å². The molecule has 0 saturated heterocycles. The van der Waals surface area contributed by atoms with E-state index in [4.69, 9.17) is 37.8 Å². The first-order valence-corrected chi connectivity index (χ1v) is 10.9. The molecule has 0 atom stereocenters. The van der Waals surface area contributed by atoms with E-state index in [9.17, 15) is 4.79 Å². The van der Waals surface area contributed by atoms with E-state index in [2.05, 4.69) is 21.2 Å². The van der Waals surface area contributed by atoms with Gasteiger partial charge in [-0.1, -0.05) is 41.4 Å². The van der Waals surface area contributed by atoms with Crippen LogP contribution in [0.1, 0.15) is 27.0 Å². The van der Waals surface area contributed by atoms with Crippen molar-refractivity contribution in [3.63, 3.8) is 0 Å². The monoisotopic (exact) mass is 523 g/mol. The highest BCUT2D eigenvalue weighted by atomic mass is 79.9. The van der Waals surface area contributed by atoms with E-state index in [0.717, 1.165) is 21.2 Å². The number of ether oxygens (including phenoxy) is 2. The van der Waals surface area contributed by atoms with Crippen molar-refractivity contribution in [1.29, 1.82) is 0 Å². The van der Waals surface area contributed by atoms with Crippen LogP contribution in [0, 0.1) is 0 Å². The predicted molar refractivity (Wildman–Crippen MR) is 125 cm³/mol. The number of rotatable bonds is 9. The van der Waals surface area contributed by atoms with Gasteiger partial charge in [-0.15, -0.1) is 0 Å². The van der Waals surface area contributed by atoms with Crippen LogP contribution in [0.2, 0.25) is 10.0 Å². The summed E-state index contributed by atoms with van der Waals surface area (Å²) in [6.45, 7) is 1.52. The van der Waals surface area contributed by atoms with E-state index in [0.29, 0.717) is 41.2 Å². The van der Waals surface area contributed by atoms with E-state index < -0.39 is 5.97 Å². The molecule has 162 valence electrons. The number of hydrogen-bond acceptors (Lipinski definition) is 4. The lowest BCUT2D eigenvalue weighted by atomic mass is 10.1. The minimum Gasteiger partial charge on any atom is -0.493 e. The zero-order valence-electron chi connectivity index (χ0n) is 16.6. The van der Waals surface area contributed by atoms with Crippen molar-refractivity contribution in [1.82, 2.24) is 5.32 Å². The maximum absolute atomic E-state index is 10.9. The zero-order valence-corrected chi connectivity index (χ0v) is 19.7. The second-order valence-corrected chi connectivity index (χ2v) is 8.42. The Labute approximate surface area is 199 Å². The van der Waals surface area contributed by atoms with E-state index in [1.165, 1.54) is 0 Å². The summed E-state index contributed by atoms with van der Waals surface area (Å²) in [7, 11) is 1.59. The lowest BCUT2D eigenvalue weighted by molar-refractivity contribution is 0.0697. The van der Waals surface area contributed by atoms with E-state index in [1.807, 2.05) is 18.2 Å². The molecule has 0 radical (unpaired) electrons. The Balaban J connectivity index is 1.62. The summed E-state index contributed by atoms with van der Waals surface area (Å²) >= 11 is 15.6. The number of carbonyl (C=O) groups is 1. The fraction of sp³-hybridized carbons (Fsp3) is 0.174. The van der Waals surface area contributed by atoms with Crippen molar-refractivity contribution in [3.05, 3.63) is 91.4 Å². The Hall–Kier alpha value is -2.25. The number of carboxylic acids is 1. The summed E-state index contributed by atoms with van der Waals surface area (Å²) in [4.78, 5) is 10.9. The van der Waals surface area contributed by atoms with E-state index in [-0.39, 0.29) is 5.56 Å². The molecule has 0 aliphatic rings. The number of methoxy groups -OCH3 is 1. The summed E-state index contributed by atoms with van der Waals surface area (Å²) in [5.74, 6) is 0.275. The summed E-state index contributed by atoms with van der Waals surface area (Å²) in [5.41, 5.74) is 3.17. The van der Waals surface area contributed by atoms with Crippen molar-refractivity contribution >= 4 is 45.1 Å². The van der Waals surface area contributed by atoms with Gasteiger partial charge in [0.05, 0.1) is 27.2 Å². The molecular weight excluding hydrogens is 505 g/mol. The van der Waals surface area contributed by atoms with Gasteiger partial charge in [0.25, 0.3) is 0 Å². The van der Waals surface area contributed by atoms with Crippen molar-refractivity contribution in [3.8, 4) is 11.5 Å². The molecule has 0 unspecified atom stereocenters. The minimum atomic E-state index is -0.932. The zero-order chi connectivity index (χ0) is 22.4. The number of hydrogen-bond donors (Lipinski definition) is 2. The fourth-order valence-electron chi connectivity index (χ4n) is 2.92. The molecule has 0 spiro atoms. The Bertz CT molecular complexity index is 1070. The molecule has 8 heteroatoms. The summed E-state index contributed by atoms with van der Waals surface area (Å²) in [5, 5.41) is 13.3. The third-order valence-corrected chi connectivity index (χ3v) is 5.84. The number of benzene rings is 3. The van der Waals surface area contributed by atoms with Gasteiger partial charge in [0.15, 0.2) is 11.5 Å². The first-order valence-electron chi connectivity index (χ1n) is 9.33. The highest BCUT2D eigenvalue weighted by Crippen LogP contribution is 2.37. The largest absolute Gasteiger partial charge is 0.493 e. The van der Waals surface area contributed by atoms with Gasteiger partial charge in [-0.2, -0.15) is 0 Å². The molecule has 0 aromatic heterocycles. The first kappa shape index (κ1) is 23.4. The fourth-order valence-corrected chi connectivity index (χ4v) is 3.84. The number of carboxylic acid groups (broad SMARTS) is 1. The van der Waals surface area contributed by atoms with Gasteiger partial charge in [-0.25, -0.2) is 4.79 Å². The van der Waals surface area contributed by atoms with Crippen LogP contribution < -0.4 is 14.8 Å². The summed E-state index contributed by atoms with van der Waals surface area (Å²) < 4.78 is 12.2. The number of nitrogens with one attached hydrogen (secondary N) is 1. The molecule has 3 aromatic carbocycles. The third-order valence-electron chi connectivity index (χ3n) is 4.52. The SMILES string of the molecule is COc1cc(CNCc2ccc(C(=O)O)cc2)cc(Br)c1OCc1ccc(Cl)c(Cl)c1. The summed E-state index contributed by atoms with van der Waals surface area (Å²) in [6.07, 6.45) is 0. The van der Waals surface area contributed by atoms with E-state index >= 15 is 0 Å². The molecule has 5 nitrogen and oxygen atoms in total. The van der Waals surface area contributed by atoms with Crippen molar-refractivity contribution in [2.45, 2.75) is 19.7 Å². The van der Waals surface area contributed by atoms with Gasteiger partial charge < -0.3 is 19.9 Å². The molecule has 0 saturated carbocycles. The predicted octanol–water partition coefficient (Wildman–Crippen LogP) is 6.33. The van der Waals surface area contributed by atoms with Gasteiger partial charge >= 0.3 is 5.97 Å².